The maximum atomic E-state index is 14.3. The van der Waals surface area contributed by atoms with Crippen LogP contribution in [0.25, 0.3) is 11.3 Å². The SMILES string of the molecule is CCCN(C(C)=O)N1C(=O)c2cccc(c2)S(=O)(=O)Nc2nc(cc(-c3c(C)cccc3C)n2)OC[C@H]1CC1(C(F)(F)F)CC1. The van der Waals surface area contributed by atoms with Crippen molar-refractivity contribution >= 4 is 27.8 Å². The fourth-order valence-electron chi connectivity index (χ4n) is 5.70. The number of hydrogen-bond donors (Lipinski definition) is 1. The molecule has 0 unspecified atom stereocenters. The Morgan fingerprint density at radius 1 is 1.11 bits per heavy atom. The van der Waals surface area contributed by atoms with Crippen LogP contribution in [0.4, 0.5) is 19.1 Å². The Kier molecular flexibility index (Phi) is 8.55. The number of fused-ring (bicyclic) bond motifs is 4. The fraction of sp³-hybridized carbons (Fsp3) is 0.419. The largest absolute Gasteiger partial charge is 0.475 e. The van der Waals surface area contributed by atoms with E-state index in [0.717, 1.165) is 27.2 Å². The quantitative estimate of drug-likeness (QED) is 0.367. The van der Waals surface area contributed by atoms with E-state index in [2.05, 4.69) is 14.7 Å². The molecule has 14 heteroatoms. The molecule has 10 nitrogen and oxygen atoms in total. The number of halogens is 3. The molecule has 0 radical (unpaired) electrons. The first-order chi connectivity index (χ1) is 21.2. The molecule has 2 aliphatic rings. The highest BCUT2D eigenvalue weighted by Crippen LogP contribution is 2.61. The standard InChI is InChI=1S/C31H34F3N5O5S/c1-5-14-38(21(4)40)39-23(17-30(12-13-30)31(32,33)34)18-44-26-16-25(27-19(2)8-6-9-20(27)3)35-29(36-26)37-45(42,43)24-11-7-10-22(15-24)28(39)41/h6-11,15-16,23H,5,12-14,17-18H2,1-4H3,(H,35,36,37)/t23-/m1/s1. The Hall–Kier alpha value is -4.20. The number of anilines is 1. The Bertz CT molecular complexity index is 1720. The van der Waals surface area contributed by atoms with Crippen LogP contribution in [0.1, 0.15) is 61.0 Å². The topological polar surface area (TPSA) is 122 Å². The molecular weight excluding hydrogens is 611 g/mol. The second kappa shape index (κ2) is 12.0. The summed E-state index contributed by atoms with van der Waals surface area (Å²) in [6.07, 6.45) is -4.95. The summed E-state index contributed by atoms with van der Waals surface area (Å²) in [4.78, 5) is 35.5. The first kappa shape index (κ1) is 32.2. The Morgan fingerprint density at radius 3 is 2.38 bits per heavy atom. The van der Waals surface area contributed by atoms with E-state index < -0.39 is 52.5 Å². The molecule has 1 N–H and O–H groups in total. The number of ether oxygens (including phenoxy) is 1. The molecule has 4 bridgehead atoms. The molecule has 1 atom stereocenters. The summed E-state index contributed by atoms with van der Waals surface area (Å²) >= 11 is 0. The zero-order valence-corrected chi connectivity index (χ0v) is 26.1. The van der Waals surface area contributed by atoms with Crippen molar-refractivity contribution in [3.63, 3.8) is 0 Å². The molecular formula is C31H34F3N5O5S. The molecule has 1 aliphatic carbocycles. The molecule has 2 aromatic carbocycles. The number of aromatic nitrogens is 2. The monoisotopic (exact) mass is 645 g/mol. The zero-order chi connectivity index (χ0) is 32.7. The molecule has 2 amide bonds. The summed E-state index contributed by atoms with van der Waals surface area (Å²) in [5, 5.41) is 2.11. The van der Waals surface area contributed by atoms with Gasteiger partial charge >= 0.3 is 6.18 Å². The van der Waals surface area contributed by atoms with Gasteiger partial charge in [-0.15, -0.1) is 0 Å². The maximum absolute atomic E-state index is 14.3. The van der Waals surface area contributed by atoms with E-state index in [0.29, 0.717) is 17.7 Å². The number of amides is 2. The van der Waals surface area contributed by atoms with Crippen molar-refractivity contribution in [2.24, 2.45) is 5.41 Å². The smallest absolute Gasteiger partial charge is 0.394 e. The van der Waals surface area contributed by atoms with Crippen molar-refractivity contribution in [1.29, 1.82) is 0 Å². The molecule has 45 heavy (non-hydrogen) atoms. The highest BCUT2D eigenvalue weighted by molar-refractivity contribution is 7.92. The van der Waals surface area contributed by atoms with Crippen LogP contribution in [0.15, 0.2) is 53.4 Å². The summed E-state index contributed by atoms with van der Waals surface area (Å²) in [5.41, 5.74) is 0.508. The van der Waals surface area contributed by atoms with E-state index in [1.54, 1.807) is 6.92 Å². The summed E-state index contributed by atoms with van der Waals surface area (Å²) < 4.78 is 78.3. The second-order valence-corrected chi connectivity index (χ2v) is 13.2. The number of hydrogen-bond acceptors (Lipinski definition) is 7. The number of carbonyl (C=O) groups excluding carboxylic acids is 2. The van der Waals surface area contributed by atoms with Crippen LogP contribution >= 0.6 is 0 Å². The third-order valence-electron chi connectivity index (χ3n) is 8.17. The first-order valence-electron chi connectivity index (χ1n) is 14.6. The van der Waals surface area contributed by atoms with Crippen LogP contribution in [0.3, 0.4) is 0 Å². The normalized spacial score (nSPS) is 18.9. The molecule has 5 rings (SSSR count). The molecule has 1 fully saturated rings. The Morgan fingerprint density at radius 2 is 1.78 bits per heavy atom. The number of alkyl halides is 3. The highest BCUT2D eigenvalue weighted by atomic mass is 32.2. The number of nitrogens with zero attached hydrogens (tertiary/aromatic N) is 4. The average molecular weight is 646 g/mol. The molecule has 1 saturated carbocycles. The average Bonchev–Trinajstić information content (AvgIpc) is 3.76. The van der Waals surface area contributed by atoms with Gasteiger partial charge in [0.1, 0.15) is 6.61 Å². The predicted octanol–water partition coefficient (Wildman–Crippen LogP) is 5.67. The van der Waals surface area contributed by atoms with Gasteiger partial charge < -0.3 is 4.74 Å². The van der Waals surface area contributed by atoms with E-state index in [4.69, 9.17) is 4.74 Å². The van der Waals surface area contributed by atoms with Crippen LogP contribution in [-0.4, -0.2) is 65.6 Å². The molecule has 1 aliphatic heterocycles. The lowest BCUT2D eigenvalue weighted by Gasteiger charge is -2.41. The van der Waals surface area contributed by atoms with Gasteiger partial charge in [-0.3, -0.25) is 14.6 Å². The number of aryl methyl sites for hydroxylation is 2. The molecule has 3 aromatic rings. The number of rotatable bonds is 6. The molecule has 2 heterocycles. The first-order valence-corrected chi connectivity index (χ1v) is 16.0. The van der Waals surface area contributed by atoms with Crippen molar-refractivity contribution in [3.8, 4) is 17.1 Å². The van der Waals surface area contributed by atoms with Crippen molar-refractivity contribution in [3.05, 3.63) is 65.2 Å². The van der Waals surface area contributed by atoms with Gasteiger partial charge in [-0.25, -0.2) is 23.1 Å². The summed E-state index contributed by atoms with van der Waals surface area (Å²) in [6.45, 7) is 6.27. The van der Waals surface area contributed by atoms with Gasteiger partial charge in [-0.05, 0) is 68.9 Å². The van der Waals surface area contributed by atoms with Crippen molar-refractivity contribution in [1.82, 2.24) is 20.0 Å². The fourth-order valence-corrected chi connectivity index (χ4v) is 6.69. The van der Waals surface area contributed by atoms with Crippen molar-refractivity contribution in [2.45, 2.75) is 70.5 Å². The third kappa shape index (κ3) is 6.46. The highest BCUT2D eigenvalue weighted by Gasteiger charge is 2.64. The van der Waals surface area contributed by atoms with Crippen LogP contribution in [0, 0.1) is 19.3 Å². The number of benzene rings is 2. The van der Waals surface area contributed by atoms with Crippen LogP contribution in [-0.2, 0) is 14.8 Å². The number of sulfonamides is 1. The summed E-state index contributed by atoms with van der Waals surface area (Å²) in [6, 6.07) is 10.9. The van der Waals surface area contributed by atoms with E-state index >= 15 is 0 Å². The predicted molar refractivity (Wildman–Crippen MR) is 160 cm³/mol. The lowest BCUT2D eigenvalue weighted by Crippen LogP contribution is -2.57. The van der Waals surface area contributed by atoms with Crippen molar-refractivity contribution in [2.75, 3.05) is 17.9 Å². The molecule has 0 saturated heterocycles. The minimum Gasteiger partial charge on any atom is -0.475 e. The van der Waals surface area contributed by atoms with E-state index in [9.17, 15) is 31.2 Å². The Balaban J connectivity index is 1.72. The zero-order valence-electron chi connectivity index (χ0n) is 25.3. The van der Waals surface area contributed by atoms with Gasteiger partial charge in [-0.1, -0.05) is 31.2 Å². The van der Waals surface area contributed by atoms with E-state index in [1.165, 1.54) is 31.2 Å². The van der Waals surface area contributed by atoms with Gasteiger partial charge in [-0.2, -0.15) is 18.2 Å². The molecule has 1 aromatic heterocycles. The van der Waals surface area contributed by atoms with Gasteiger partial charge in [0.25, 0.3) is 15.9 Å². The molecule has 240 valence electrons. The molecule has 0 spiro atoms. The van der Waals surface area contributed by atoms with Crippen LogP contribution in [0.5, 0.6) is 5.88 Å². The van der Waals surface area contributed by atoms with Crippen LogP contribution < -0.4 is 9.46 Å². The third-order valence-corrected chi connectivity index (χ3v) is 9.50. The lowest BCUT2D eigenvalue weighted by atomic mass is 9.95. The van der Waals surface area contributed by atoms with E-state index in [1.807, 2.05) is 32.0 Å². The van der Waals surface area contributed by atoms with Gasteiger partial charge in [0.2, 0.25) is 17.7 Å². The van der Waals surface area contributed by atoms with Crippen LogP contribution in [0.2, 0.25) is 0 Å². The van der Waals surface area contributed by atoms with Gasteiger partial charge in [0.05, 0.1) is 22.0 Å². The minimum absolute atomic E-state index is 0.0322. The number of hydrazine groups is 1. The maximum Gasteiger partial charge on any atom is 0.394 e. The second-order valence-electron chi connectivity index (χ2n) is 11.6. The lowest BCUT2D eigenvalue weighted by molar-refractivity contribution is -0.196. The van der Waals surface area contributed by atoms with E-state index in [-0.39, 0.29) is 41.7 Å². The van der Waals surface area contributed by atoms with Gasteiger partial charge in [0.15, 0.2) is 0 Å². The Labute approximate surface area is 259 Å². The number of nitrogens with one attached hydrogen (secondary N) is 1. The summed E-state index contributed by atoms with van der Waals surface area (Å²) in [7, 11) is -4.35. The van der Waals surface area contributed by atoms with Crippen molar-refractivity contribution < 1.29 is 35.9 Å². The summed E-state index contributed by atoms with van der Waals surface area (Å²) in [5.74, 6) is -1.84. The minimum atomic E-state index is -4.55. The van der Waals surface area contributed by atoms with Gasteiger partial charge in [0, 0.05) is 30.7 Å². The number of carbonyl (C=O) groups is 2.